The van der Waals surface area contributed by atoms with Gasteiger partial charge in [0, 0.05) is 5.56 Å². The highest BCUT2D eigenvalue weighted by molar-refractivity contribution is 7.88. The van der Waals surface area contributed by atoms with Crippen molar-refractivity contribution < 1.29 is 26.4 Å². The van der Waals surface area contributed by atoms with Gasteiger partial charge in [0.2, 0.25) is 10.0 Å². The molecule has 0 radical (unpaired) electrons. The Bertz CT molecular complexity index is 801. The highest BCUT2D eigenvalue weighted by atomic mass is 32.2. The molecule has 0 heterocycles. The number of Topliss-reactive ketones (excluding diaryl/α,β-unsaturated/α-hetero) is 1. The molecule has 0 bridgehead atoms. The maximum Gasteiger partial charge on any atom is 0.416 e. The smallest absolute Gasteiger partial charge is 0.293 e. The molecule has 0 aliphatic rings. The number of ketones is 1. The average Bonchev–Trinajstić information content (AvgIpc) is 2.52. The lowest BCUT2D eigenvalue weighted by molar-refractivity contribution is -0.137. The molecule has 2 rings (SSSR count). The molecule has 0 spiro atoms. The van der Waals surface area contributed by atoms with Gasteiger partial charge in [-0.1, -0.05) is 42.5 Å². The first-order valence-corrected chi connectivity index (χ1v) is 8.54. The van der Waals surface area contributed by atoms with Crippen LogP contribution in [0.3, 0.4) is 0 Å². The van der Waals surface area contributed by atoms with Crippen LogP contribution >= 0.6 is 0 Å². The molecule has 8 heteroatoms. The zero-order valence-corrected chi connectivity index (χ0v) is 13.2. The second kappa shape index (κ2) is 7.14. The SMILES string of the molecule is O=C(CNS(=O)(=O)Cc1ccccc1)c1ccc(C(F)(F)F)cc1. The molecule has 0 unspecified atom stereocenters. The maximum atomic E-state index is 12.5. The summed E-state index contributed by atoms with van der Waals surface area (Å²) in [5, 5.41) is 0. The van der Waals surface area contributed by atoms with Crippen molar-refractivity contribution in [3.63, 3.8) is 0 Å². The van der Waals surface area contributed by atoms with Crippen LogP contribution in [-0.4, -0.2) is 20.7 Å². The summed E-state index contributed by atoms with van der Waals surface area (Å²) in [7, 11) is -3.72. The largest absolute Gasteiger partial charge is 0.416 e. The number of sulfonamides is 1. The van der Waals surface area contributed by atoms with Gasteiger partial charge in [-0.15, -0.1) is 0 Å². The molecule has 0 saturated heterocycles. The zero-order valence-electron chi connectivity index (χ0n) is 12.4. The number of hydrogen-bond acceptors (Lipinski definition) is 3. The van der Waals surface area contributed by atoms with Gasteiger partial charge in [0.15, 0.2) is 5.78 Å². The second-order valence-electron chi connectivity index (χ2n) is 5.06. The van der Waals surface area contributed by atoms with Crippen molar-refractivity contribution in [2.75, 3.05) is 6.54 Å². The summed E-state index contributed by atoms with van der Waals surface area (Å²) in [6.07, 6.45) is -4.49. The summed E-state index contributed by atoms with van der Waals surface area (Å²) in [4.78, 5) is 11.9. The topological polar surface area (TPSA) is 63.2 Å². The van der Waals surface area contributed by atoms with E-state index in [4.69, 9.17) is 0 Å². The Morgan fingerprint density at radius 2 is 1.54 bits per heavy atom. The van der Waals surface area contributed by atoms with E-state index in [1.807, 2.05) is 0 Å². The van der Waals surface area contributed by atoms with Crippen molar-refractivity contribution in [3.8, 4) is 0 Å². The van der Waals surface area contributed by atoms with Crippen LogP contribution in [0.15, 0.2) is 54.6 Å². The molecule has 2 aromatic rings. The fourth-order valence-electron chi connectivity index (χ4n) is 1.97. The molecule has 0 amide bonds. The Morgan fingerprint density at radius 3 is 2.08 bits per heavy atom. The summed E-state index contributed by atoms with van der Waals surface area (Å²) >= 11 is 0. The third-order valence-electron chi connectivity index (χ3n) is 3.19. The van der Waals surface area contributed by atoms with Crippen LogP contribution in [0.2, 0.25) is 0 Å². The predicted molar refractivity (Wildman–Crippen MR) is 82.8 cm³/mol. The number of alkyl halides is 3. The van der Waals surface area contributed by atoms with Crippen LogP contribution in [0.25, 0.3) is 0 Å². The number of carbonyl (C=O) groups excluding carboxylic acids is 1. The van der Waals surface area contributed by atoms with Gasteiger partial charge >= 0.3 is 6.18 Å². The number of benzene rings is 2. The van der Waals surface area contributed by atoms with E-state index in [0.717, 1.165) is 24.3 Å². The van der Waals surface area contributed by atoms with Crippen LogP contribution in [0.5, 0.6) is 0 Å². The van der Waals surface area contributed by atoms with Crippen molar-refractivity contribution in [1.29, 1.82) is 0 Å². The quantitative estimate of drug-likeness (QED) is 0.809. The van der Waals surface area contributed by atoms with Gasteiger partial charge in [-0.3, -0.25) is 4.79 Å². The number of hydrogen-bond donors (Lipinski definition) is 1. The molecule has 0 saturated carbocycles. The Labute approximate surface area is 137 Å². The first kappa shape index (κ1) is 18.2. The van der Waals surface area contributed by atoms with Crippen LogP contribution in [0.4, 0.5) is 13.2 Å². The van der Waals surface area contributed by atoms with E-state index < -0.39 is 34.1 Å². The van der Waals surface area contributed by atoms with Gasteiger partial charge in [-0.2, -0.15) is 13.2 Å². The van der Waals surface area contributed by atoms with Crippen molar-refractivity contribution >= 4 is 15.8 Å². The van der Waals surface area contributed by atoms with Gasteiger partial charge in [-0.25, -0.2) is 13.1 Å². The van der Waals surface area contributed by atoms with E-state index >= 15 is 0 Å². The fraction of sp³-hybridized carbons (Fsp3) is 0.188. The molecule has 0 aliphatic heterocycles. The van der Waals surface area contributed by atoms with Crippen LogP contribution in [0, 0.1) is 0 Å². The summed E-state index contributed by atoms with van der Waals surface area (Å²) in [6, 6.07) is 12.0. The van der Waals surface area contributed by atoms with Crippen molar-refractivity contribution in [2.24, 2.45) is 0 Å². The highest BCUT2D eigenvalue weighted by Gasteiger charge is 2.30. The number of halogens is 3. The number of rotatable bonds is 6. The molecule has 4 nitrogen and oxygen atoms in total. The summed E-state index contributed by atoms with van der Waals surface area (Å²) < 4.78 is 63.3. The van der Waals surface area contributed by atoms with Crippen molar-refractivity contribution in [2.45, 2.75) is 11.9 Å². The Balaban J connectivity index is 1.97. The van der Waals surface area contributed by atoms with E-state index in [2.05, 4.69) is 4.72 Å². The lowest BCUT2D eigenvalue weighted by atomic mass is 10.1. The third-order valence-corrected chi connectivity index (χ3v) is 4.48. The number of nitrogens with one attached hydrogen (secondary N) is 1. The molecule has 0 aliphatic carbocycles. The third kappa shape index (κ3) is 5.17. The van der Waals surface area contributed by atoms with E-state index in [9.17, 15) is 26.4 Å². The Kier molecular flexibility index (Phi) is 5.40. The molecule has 0 aromatic heterocycles. The van der Waals surface area contributed by atoms with Gasteiger partial charge in [-0.05, 0) is 17.7 Å². The summed E-state index contributed by atoms with van der Waals surface area (Å²) in [6.45, 7) is -0.513. The van der Waals surface area contributed by atoms with Crippen LogP contribution in [0.1, 0.15) is 21.5 Å². The summed E-state index contributed by atoms with van der Waals surface area (Å²) in [5.74, 6) is -0.894. The van der Waals surface area contributed by atoms with Gasteiger partial charge in [0.1, 0.15) is 0 Å². The second-order valence-corrected chi connectivity index (χ2v) is 6.87. The van der Waals surface area contributed by atoms with Crippen molar-refractivity contribution in [3.05, 3.63) is 71.3 Å². The minimum atomic E-state index is -4.49. The van der Waals surface area contributed by atoms with Crippen molar-refractivity contribution in [1.82, 2.24) is 4.72 Å². The maximum absolute atomic E-state index is 12.5. The van der Waals surface area contributed by atoms with E-state index in [0.29, 0.717) is 5.56 Å². The molecule has 1 N–H and O–H groups in total. The fourth-order valence-corrected chi connectivity index (χ4v) is 3.05. The monoisotopic (exact) mass is 357 g/mol. The van der Waals surface area contributed by atoms with E-state index in [-0.39, 0.29) is 11.3 Å². The first-order chi connectivity index (χ1) is 11.2. The lowest BCUT2D eigenvalue weighted by Crippen LogP contribution is -2.30. The van der Waals surface area contributed by atoms with Gasteiger partial charge < -0.3 is 0 Å². The van der Waals surface area contributed by atoms with Crippen LogP contribution in [-0.2, 0) is 22.0 Å². The summed E-state index contributed by atoms with van der Waals surface area (Å²) in [5.41, 5.74) is -0.305. The minimum absolute atomic E-state index is 0.00501. The van der Waals surface area contributed by atoms with Gasteiger partial charge in [0.05, 0.1) is 17.9 Å². The predicted octanol–water partition coefficient (Wildman–Crippen LogP) is 3.01. The van der Waals surface area contributed by atoms with Gasteiger partial charge in [0.25, 0.3) is 0 Å². The Hall–Kier alpha value is -2.19. The zero-order chi connectivity index (χ0) is 17.8. The first-order valence-electron chi connectivity index (χ1n) is 6.89. The number of carbonyl (C=O) groups is 1. The van der Waals surface area contributed by atoms with E-state index in [1.165, 1.54) is 0 Å². The highest BCUT2D eigenvalue weighted by Crippen LogP contribution is 2.29. The standard InChI is InChI=1S/C16H14F3NO3S/c17-16(18,19)14-8-6-13(7-9-14)15(21)10-20-24(22,23)11-12-4-2-1-3-5-12/h1-9,20H,10-11H2. The Morgan fingerprint density at radius 1 is 0.958 bits per heavy atom. The molecule has 0 fully saturated rings. The molecular formula is C16H14F3NO3S. The molecule has 24 heavy (non-hydrogen) atoms. The molecule has 2 aromatic carbocycles. The molecule has 0 atom stereocenters. The van der Waals surface area contributed by atoms with E-state index in [1.54, 1.807) is 30.3 Å². The minimum Gasteiger partial charge on any atom is -0.293 e. The average molecular weight is 357 g/mol. The molecule has 128 valence electrons. The lowest BCUT2D eigenvalue weighted by Gasteiger charge is -2.08. The molecular weight excluding hydrogens is 343 g/mol. The normalized spacial score (nSPS) is 12.1. The van der Waals surface area contributed by atoms with Crippen LogP contribution < -0.4 is 4.72 Å².